The minimum atomic E-state index is 0.317. The third-order valence-corrected chi connectivity index (χ3v) is 4.47. The van der Waals surface area contributed by atoms with Gasteiger partial charge >= 0.3 is 0 Å². The van der Waals surface area contributed by atoms with Crippen LogP contribution in [0.25, 0.3) is 0 Å². The first-order chi connectivity index (χ1) is 8.02. The molecule has 0 radical (unpaired) electrons. The van der Waals surface area contributed by atoms with Crippen molar-refractivity contribution in [3.8, 4) is 0 Å². The lowest BCUT2D eigenvalue weighted by atomic mass is 9.90. The third-order valence-electron chi connectivity index (χ3n) is 3.73. The number of aryl methyl sites for hydroxylation is 1. The lowest BCUT2D eigenvalue weighted by Crippen LogP contribution is -2.31. The molecule has 1 aromatic rings. The first-order valence-electron chi connectivity index (χ1n) is 6.20. The molecule has 1 aliphatic heterocycles. The van der Waals surface area contributed by atoms with E-state index in [1.54, 1.807) is 0 Å². The van der Waals surface area contributed by atoms with E-state index in [0.29, 0.717) is 5.41 Å². The molecule has 0 amide bonds. The molecular formula is C14H21BrN2. The van der Waals surface area contributed by atoms with Crippen molar-refractivity contribution in [2.75, 3.05) is 19.6 Å². The Morgan fingerprint density at radius 1 is 1.47 bits per heavy atom. The van der Waals surface area contributed by atoms with Gasteiger partial charge in [0.05, 0.1) is 0 Å². The Morgan fingerprint density at radius 3 is 2.82 bits per heavy atom. The predicted molar refractivity (Wildman–Crippen MR) is 75.9 cm³/mol. The highest BCUT2D eigenvalue weighted by atomic mass is 79.9. The Labute approximate surface area is 112 Å². The molecule has 0 saturated carbocycles. The van der Waals surface area contributed by atoms with Crippen LogP contribution in [0.3, 0.4) is 0 Å². The summed E-state index contributed by atoms with van der Waals surface area (Å²) in [5.41, 5.74) is 8.83. The van der Waals surface area contributed by atoms with Crippen LogP contribution < -0.4 is 5.73 Å². The van der Waals surface area contributed by atoms with Crippen LogP contribution >= 0.6 is 15.9 Å². The van der Waals surface area contributed by atoms with Gasteiger partial charge in [-0.25, -0.2) is 0 Å². The van der Waals surface area contributed by atoms with E-state index in [1.165, 1.54) is 22.0 Å². The van der Waals surface area contributed by atoms with Crippen molar-refractivity contribution in [2.45, 2.75) is 26.8 Å². The van der Waals surface area contributed by atoms with Crippen molar-refractivity contribution in [1.82, 2.24) is 4.90 Å². The Bertz CT molecular complexity index is 405. The minimum Gasteiger partial charge on any atom is -0.330 e. The van der Waals surface area contributed by atoms with Gasteiger partial charge in [0.15, 0.2) is 0 Å². The molecule has 1 aromatic carbocycles. The quantitative estimate of drug-likeness (QED) is 0.929. The third kappa shape index (κ3) is 3.09. The Kier molecular flexibility index (Phi) is 3.91. The lowest BCUT2D eigenvalue weighted by molar-refractivity contribution is 0.274. The number of benzene rings is 1. The smallest absolute Gasteiger partial charge is 0.0245 e. The van der Waals surface area contributed by atoms with E-state index in [4.69, 9.17) is 5.73 Å². The van der Waals surface area contributed by atoms with Crippen molar-refractivity contribution in [3.63, 3.8) is 0 Å². The van der Waals surface area contributed by atoms with Crippen molar-refractivity contribution < 1.29 is 0 Å². The zero-order valence-electron chi connectivity index (χ0n) is 10.7. The topological polar surface area (TPSA) is 29.3 Å². The molecule has 2 nitrogen and oxygen atoms in total. The molecule has 17 heavy (non-hydrogen) atoms. The summed E-state index contributed by atoms with van der Waals surface area (Å²) in [6.45, 7) is 8.50. The summed E-state index contributed by atoms with van der Waals surface area (Å²) in [6.07, 6.45) is 1.22. The van der Waals surface area contributed by atoms with Crippen LogP contribution in [0.2, 0.25) is 0 Å². The molecule has 0 spiro atoms. The molecule has 1 saturated heterocycles. The van der Waals surface area contributed by atoms with Gasteiger partial charge in [0.1, 0.15) is 0 Å². The van der Waals surface area contributed by atoms with E-state index >= 15 is 0 Å². The summed E-state index contributed by atoms with van der Waals surface area (Å²) >= 11 is 3.65. The average molecular weight is 297 g/mol. The molecule has 1 fully saturated rings. The van der Waals surface area contributed by atoms with Gasteiger partial charge in [-0.1, -0.05) is 35.0 Å². The van der Waals surface area contributed by atoms with E-state index in [-0.39, 0.29) is 0 Å². The molecule has 2 rings (SSSR count). The minimum absolute atomic E-state index is 0.317. The van der Waals surface area contributed by atoms with Gasteiger partial charge in [-0.05, 0) is 49.0 Å². The second-order valence-electron chi connectivity index (χ2n) is 5.57. The van der Waals surface area contributed by atoms with Crippen LogP contribution in [-0.4, -0.2) is 24.5 Å². The molecule has 2 N–H and O–H groups in total. The first-order valence-corrected chi connectivity index (χ1v) is 6.99. The monoisotopic (exact) mass is 296 g/mol. The van der Waals surface area contributed by atoms with E-state index in [2.05, 4.69) is 52.9 Å². The van der Waals surface area contributed by atoms with E-state index in [1.807, 2.05) is 0 Å². The summed E-state index contributed by atoms with van der Waals surface area (Å²) in [6, 6.07) is 6.59. The van der Waals surface area contributed by atoms with E-state index in [9.17, 15) is 0 Å². The zero-order valence-corrected chi connectivity index (χ0v) is 12.3. The first kappa shape index (κ1) is 13.1. The van der Waals surface area contributed by atoms with Gasteiger partial charge < -0.3 is 5.73 Å². The van der Waals surface area contributed by atoms with E-state index < -0.39 is 0 Å². The highest BCUT2D eigenvalue weighted by Crippen LogP contribution is 2.30. The molecule has 1 heterocycles. The predicted octanol–water partition coefficient (Wildman–Crippen LogP) is 2.93. The average Bonchev–Trinajstić information content (AvgIpc) is 2.66. The number of likely N-dealkylation sites (tertiary alicyclic amines) is 1. The summed E-state index contributed by atoms with van der Waals surface area (Å²) in [5, 5.41) is 0. The lowest BCUT2D eigenvalue weighted by Gasteiger charge is -2.23. The maximum atomic E-state index is 5.84. The van der Waals surface area contributed by atoms with Crippen LogP contribution in [0, 0.1) is 12.3 Å². The van der Waals surface area contributed by atoms with E-state index in [0.717, 1.165) is 26.2 Å². The SMILES string of the molecule is Cc1ccc(CN2CCC(C)(CN)C2)c(Br)c1. The highest BCUT2D eigenvalue weighted by molar-refractivity contribution is 9.10. The van der Waals surface area contributed by atoms with Crippen LogP contribution in [0.1, 0.15) is 24.5 Å². The second kappa shape index (κ2) is 5.09. The molecule has 1 atom stereocenters. The number of hydrogen-bond acceptors (Lipinski definition) is 2. The maximum absolute atomic E-state index is 5.84. The Morgan fingerprint density at radius 2 is 2.24 bits per heavy atom. The van der Waals surface area contributed by atoms with Crippen molar-refractivity contribution in [2.24, 2.45) is 11.1 Å². The molecule has 3 heteroatoms. The van der Waals surface area contributed by atoms with Crippen LogP contribution in [0.4, 0.5) is 0 Å². The fraction of sp³-hybridized carbons (Fsp3) is 0.571. The largest absolute Gasteiger partial charge is 0.330 e. The number of hydrogen-bond donors (Lipinski definition) is 1. The number of nitrogens with zero attached hydrogens (tertiary/aromatic N) is 1. The van der Waals surface area contributed by atoms with Gasteiger partial charge in [0.25, 0.3) is 0 Å². The summed E-state index contributed by atoms with van der Waals surface area (Å²) < 4.78 is 1.22. The highest BCUT2D eigenvalue weighted by Gasteiger charge is 2.32. The Balaban J connectivity index is 2.03. The summed E-state index contributed by atoms with van der Waals surface area (Å²) in [5.74, 6) is 0. The molecule has 0 aromatic heterocycles. The molecule has 1 aliphatic rings. The second-order valence-corrected chi connectivity index (χ2v) is 6.42. The normalized spacial score (nSPS) is 25.4. The van der Waals surface area contributed by atoms with Crippen molar-refractivity contribution >= 4 is 15.9 Å². The van der Waals surface area contributed by atoms with Gasteiger partial charge in [0.2, 0.25) is 0 Å². The molecule has 0 aliphatic carbocycles. The van der Waals surface area contributed by atoms with Crippen molar-refractivity contribution in [3.05, 3.63) is 33.8 Å². The standard InChI is InChI=1S/C14H21BrN2/c1-11-3-4-12(13(15)7-11)8-17-6-5-14(2,9-16)10-17/h3-4,7H,5-6,8-10,16H2,1-2H3. The maximum Gasteiger partial charge on any atom is 0.0245 e. The van der Waals surface area contributed by atoms with Gasteiger partial charge in [-0.3, -0.25) is 4.90 Å². The fourth-order valence-corrected chi connectivity index (χ4v) is 3.07. The molecule has 0 bridgehead atoms. The molecule has 94 valence electrons. The fourth-order valence-electron chi connectivity index (χ4n) is 2.45. The van der Waals surface area contributed by atoms with Crippen LogP contribution in [-0.2, 0) is 6.54 Å². The number of halogens is 1. The Hall–Kier alpha value is -0.380. The van der Waals surface area contributed by atoms with Gasteiger partial charge in [0, 0.05) is 17.6 Å². The summed E-state index contributed by atoms with van der Waals surface area (Å²) in [4.78, 5) is 2.50. The molecular weight excluding hydrogens is 276 g/mol. The number of nitrogens with two attached hydrogens (primary N) is 1. The van der Waals surface area contributed by atoms with Gasteiger partial charge in [-0.2, -0.15) is 0 Å². The number of rotatable bonds is 3. The van der Waals surface area contributed by atoms with Crippen LogP contribution in [0.5, 0.6) is 0 Å². The summed E-state index contributed by atoms with van der Waals surface area (Å²) in [7, 11) is 0. The zero-order chi connectivity index (χ0) is 12.5. The molecule has 1 unspecified atom stereocenters. The van der Waals surface area contributed by atoms with Crippen molar-refractivity contribution in [1.29, 1.82) is 0 Å². The van der Waals surface area contributed by atoms with Gasteiger partial charge in [-0.15, -0.1) is 0 Å². The van der Waals surface area contributed by atoms with Crippen LogP contribution in [0.15, 0.2) is 22.7 Å².